The van der Waals surface area contributed by atoms with E-state index in [1.807, 2.05) is 36.4 Å². The molecule has 1 amide bonds. The molecule has 1 saturated carbocycles. The molecule has 1 aromatic heterocycles. The Morgan fingerprint density at radius 3 is 2.65 bits per heavy atom. The van der Waals surface area contributed by atoms with Gasteiger partial charge in [-0.05, 0) is 49.1 Å². The van der Waals surface area contributed by atoms with Crippen molar-refractivity contribution in [1.82, 2.24) is 10.3 Å². The van der Waals surface area contributed by atoms with Crippen molar-refractivity contribution in [2.75, 3.05) is 13.7 Å². The lowest BCUT2D eigenvalue weighted by atomic mass is 9.95. The summed E-state index contributed by atoms with van der Waals surface area (Å²) in [5.41, 5.74) is 4.70. The number of H-pyrrole nitrogens is 1. The Bertz CT molecular complexity index is 936. The van der Waals surface area contributed by atoms with Gasteiger partial charge in [0.25, 0.3) is 0 Å². The maximum absolute atomic E-state index is 12.4. The summed E-state index contributed by atoms with van der Waals surface area (Å²) in [7, 11) is 1.69. The number of nitrogens with one attached hydrogen (secondary N) is 2. The molecule has 0 unspecified atom stereocenters. The second-order valence-corrected chi connectivity index (χ2v) is 7.33. The van der Waals surface area contributed by atoms with E-state index in [0.29, 0.717) is 13.0 Å². The van der Waals surface area contributed by atoms with Gasteiger partial charge in [-0.1, -0.05) is 29.8 Å². The van der Waals surface area contributed by atoms with Crippen molar-refractivity contribution in [2.24, 2.45) is 0 Å². The van der Waals surface area contributed by atoms with Crippen LogP contribution in [0.4, 0.5) is 0 Å². The van der Waals surface area contributed by atoms with Gasteiger partial charge < -0.3 is 15.0 Å². The molecule has 3 aromatic rings. The van der Waals surface area contributed by atoms with Gasteiger partial charge in [0.1, 0.15) is 5.75 Å². The number of aromatic nitrogens is 1. The lowest BCUT2D eigenvalue weighted by molar-refractivity contribution is -0.120. The monoisotopic (exact) mass is 348 g/mol. The van der Waals surface area contributed by atoms with Crippen molar-refractivity contribution in [1.29, 1.82) is 0 Å². The van der Waals surface area contributed by atoms with Gasteiger partial charge in [-0.15, -0.1) is 0 Å². The van der Waals surface area contributed by atoms with E-state index in [1.165, 1.54) is 16.5 Å². The molecule has 1 heterocycles. The third-order valence-electron chi connectivity index (χ3n) is 5.42. The largest absolute Gasteiger partial charge is 0.497 e. The van der Waals surface area contributed by atoms with Crippen molar-refractivity contribution in [2.45, 2.75) is 31.6 Å². The maximum atomic E-state index is 12.4. The summed E-state index contributed by atoms with van der Waals surface area (Å²) in [6.07, 6.45) is 4.71. The highest BCUT2D eigenvalue weighted by Gasteiger charge is 2.45. The quantitative estimate of drug-likeness (QED) is 0.710. The second kappa shape index (κ2) is 6.52. The van der Waals surface area contributed by atoms with Crippen LogP contribution in [0.2, 0.25) is 0 Å². The zero-order chi connectivity index (χ0) is 18.1. The van der Waals surface area contributed by atoms with Crippen LogP contribution >= 0.6 is 0 Å². The number of hydrogen-bond donors (Lipinski definition) is 2. The van der Waals surface area contributed by atoms with E-state index >= 15 is 0 Å². The topological polar surface area (TPSA) is 54.1 Å². The summed E-state index contributed by atoms with van der Waals surface area (Å²) < 4.78 is 5.37. The van der Waals surface area contributed by atoms with Gasteiger partial charge in [0.05, 0.1) is 13.5 Å². The molecule has 1 fully saturated rings. The summed E-state index contributed by atoms with van der Waals surface area (Å²) in [6.45, 7) is 2.73. The minimum atomic E-state index is 0.0492. The molecule has 0 saturated heterocycles. The van der Waals surface area contributed by atoms with E-state index in [9.17, 15) is 4.79 Å². The normalized spacial score (nSPS) is 15.0. The van der Waals surface area contributed by atoms with Crippen molar-refractivity contribution < 1.29 is 9.53 Å². The van der Waals surface area contributed by atoms with Gasteiger partial charge in [-0.3, -0.25) is 4.79 Å². The third-order valence-corrected chi connectivity index (χ3v) is 5.42. The molecule has 134 valence electrons. The Morgan fingerprint density at radius 2 is 1.96 bits per heavy atom. The van der Waals surface area contributed by atoms with Crippen LogP contribution in [-0.2, 0) is 16.6 Å². The van der Waals surface area contributed by atoms with Crippen LogP contribution in [0, 0.1) is 6.92 Å². The third kappa shape index (κ3) is 3.19. The van der Waals surface area contributed by atoms with E-state index in [0.717, 1.165) is 29.7 Å². The average molecular weight is 348 g/mol. The SMILES string of the molecule is COc1ccc2[nH]cc(C3(CNC(=O)Cc4ccc(C)cc4)CC3)c2c1. The molecule has 0 atom stereocenters. The summed E-state index contributed by atoms with van der Waals surface area (Å²) in [4.78, 5) is 15.7. The summed E-state index contributed by atoms with van der Waals surface area (Å²) >= 11 is 0. The summed E-state index contributed by atoms with van der Waals surface area (Å²) in [5, 5.41) is 4.34. The number of rotatable bonds is 6. The maximum Gasteiger partial charge on any atom is 0.224 e. The number of methoxy groups -OCH3 is 1. The number of ether oxygens (including phenoxy) is 1. The molecule has 1 aliphatic carbocycles. The first-order valence-electron chi connectivity index (χ1n) is 9.07. The minimum absolute atomic E-state index is 0.0492. The van der Waals surface area contributed by atoms with E-state index in [-0.39, 0.29) is 11.3 Å². The standard InChI is InChI=1S/C22H24N2O2/c1-15-3-5-16(6-4-15)11-21(25)24-14-22(9-10-22)19-13-23-20-8-7-17(26-2)12-18(19)20/h3-8,12-13,23H,9-11,14H2,1-2H3,(H,24,25). The van der Waals surface area contributed by atoms with Crippen molar-refractivity contribution in [3.63, 3.8) is 0 Å². The fourth-order valence-corrected chi connectivity index (χ4v) is 3.58. The molecule has 0 spiro atoms. The van der Waals surface area contributed by atoms with E-state index < -0.39 is 0 Å². The molecular formula is C22H24N2O2. The number of hydrogen-bond acceptors (Lipinski definition) is 2. The van der Waals surface area contributed by atoms with Crippen LogP contribution in [0.5, 0.6) is 5.75 Å². The van der Waals surface area contributed by atoms with Crippen LogP contribution in [0.25, 0.3) is 10.9 Å². The van der Waals surface area contributed by atoms with Crippen molar-refractivity contribution in [3.8, 4) is 5.75 Å². The Labute approximate surface area is 153 Å². The number of aryl methyl sites for hydroxylation is 1. The van der Waals surface area contributed by atoms with Crippen molar-refractivity contribution in [3.05, 3.63) is 65.4 Å². The van der Waals surface area contributed by atoms with Crippen LogP contribution in [0.3, 0.4) is 0 Å². The fourth-order valence-electron chi connectivity index (χ4n) is 3.58. The highest BCUT2D eigenvalue weighted by atomic mass is 16.5. The number of benzene rings is 2. The first kappa shape index (κ1) is 16.7. The molecule has 0 aliphatic heterocycles. The lowest BCUT2D eigenvalue weighted by Gasteiger charge is -2.16. The van der Waals surface area contributed by atoms with Crippen molar-refractivity contribution >= 4 is 16.8 Å². The molecule has 0 bridgehead atoms. The molecule has 4 rings (SSSR count). The zero-order valence-electron chi connectivity index (χ0n) is 15.3. The van der Waals surface area contributed by atoms with Crippen LogP contribution in [0.1, 0.15) is 29.5 Å². The second-order valence-electron chi connectivity index (χ2n) is 7.33. The highest BCUT2D eigenvalue weighted by Crippen LogP contribution is 2.50. The number of aromatic amines is 1. The van der Waals surface area contributed by atoms with Gasteiger partial charge in [0.2, 0.25) is 5.91 Å². The lowest BCUT2D eigenvalue weighted by Crippen LogP contribution is -2.33. The number of carbonyl (C=O) groups is 1. The predicted octanol–water partition coefficient (Wildman–Crippen LogP) is 3.88. The van der Waals surface area contributed by atoms with E-state index in [4.69, 9.17) is 4.74 Å². The molecule has 2 N–H and O–H groups in total. The zero-order valence-corrected chi connectivity index (χ0v) is 15.3. The van der Waals surface area contributed by atoms with Gasteiger partial charge in [0.15, 0.2) is 0 Å². The van der Waals surface area contributed by atoms with E-state index in [1.54, 1.807) is 7.11 Å². The molecular weight excluding hydrogens is 324 g/mol. The first-order valence-corrected chi connectivity index (χ1v) is 9.07. The van der Waals surface area contributed by atoms with Gasteiger partial charge in [-0.2, -0.15) is 0 Å². The van der Waals surface area contributed by atoms with Gasteiger partial charge >= 0.3 is 0 Å². The minimum Gasteiger partial charge on any atom is -0.497 e. The number of amides is 1. The number of carbonyl (C=O) groups excluding carboxylic acids is 1. The molecule has 2 aromatic carbocycles. The Balaban J connectivity index is 1.46. The van der Waals surface area contributed by atoms with E-state index in [2.05, 4.69) is 29.5 Å². The fraction of sp³-hybridized carbons (Fsp3) is 0.318. The Morgan fingerprint density at radius 1 is 1.19 bits per heavy atom. The number of fused-ring (bicyclic) bond motifs is 1. The molecule has 4 heteroatoms. The summed E-state index contributed by atoms with van der Waals surface area (Å²) in [6, 6.07) is 14.2. The van der Waals surface area contributed by atoms with Gasteiger partial charge in [-0.25, -0.2) is 0 Å². The van der Waals surface area contributed by atoms with Crippen LogP contribution in [0.15, 0.2) is 48.7 Å². The van der Waals surface area contributed by atoms with Crippen LogP contribution < -0.4 is 10.1 Å². The highest BCUT2D eigenvalue weighted by molar-refractivity contribution is 5.86. The molecule has 26 heavy (non-hydrogen) atoms. The van der Waals surface area contributed by atoms with Crippen LogP contribution in [-0.4, -0.2) is 24.5 Å². The predicted molar refractivity (Wildman–Crippen MR) is 104 cm³/mol. The summed E-state index contributed by atoms with van der Waals surface area (Å²) in [5.74, 6) is 0.940. The molecule has 1 aliphatic rings. The smallest absolute Gasteiger partial charge is 0.224 e. The Hall–Kier alpha value is -2.75. The molecule has 0 radical (unpaired) electrons. The molecule has 4 nitrogen and oxygen atoms in total. The average Bonchev–Trinajstić information content (AvgIpc) is 3.32. The van der Waals surface area contributed by atoms with Gasteiger partial charge in [0, 0.05) is 29.1 Å². The first-order chi connectivity index (χ1) is 12.6. The Kier molecular flexibility index (Phi) is 4.19.